The summed E-state index contributed by atoms with van der Waals surface area (Å²) >= 11 is 0. The van der Waals surface area contributed by atoms with Crippen molar-refractivity contribution in [1.29, 1.82) is 0 Å². The first kappa shape index (κ1) is 11.7. The van der Waals surface area contributed by atoms with Gasteiger partial charge in [-0.2, -0.15) is 0 Å². The molecular formula is C15H14FN3. The van der Waals surface area contributed by atoms with E-state index in [9.17, 15) is 4.39 Å². The number of nitrogens with two attached hydrogens (primary N) is 1. The summed E-state index contributed by atoms with van der Waals surface area (Å²) in [4.78, 5) is 4.10. The lowest BCUT2D eigenvalue weighted by atomic mass is 10.1. The molecule has 0 aliphatic carbocycles. The lowest BCUT2D eigenvalue weighted by Gasteiger charge is -2.07. The number of hydrogen-bond donors (Lipinski definition) is 1. The van der Waals surface area contributed by atoms with E-state index in [1.54, 1.807) is 10.6 Å². The highest BCUT2D eigenvalue weighted by Gasteiger charge is 2.12. The van der Waals surface area contributed by atoms with E-state index in [2.05, 4.69) is 11.9 Å². The molecule has 0 unspecified atom stereocenters. The first-order valence-corrected chi connectivity index (χ1v) is 6.22. The molecule has 2 N–H and O–H groups in total. The van der Waals surface area contributed by atoms with Gasteiger partial charge in [0.05, 0.1) is 5.52 Å². The van der Waals surface area contributed by atoms with Gasteiger partial charge in [0, 0.05) is 5.69 Å². The first-order valence-electron chi connectivity index (χ1n) is 6.22. The van der Waals surface area contributed by atoms with Crippen LogP contribution in [0.5, 0.6) is 0 Å². The van der Waals surface area contributed by atoms with Crippen molar-refractivity contribution in [3.05, 3.63) is 53.8 Å². The highest BCUT2D eigenvalue weighted by molar-refractivity contribution is 5.81. The molecule has 0 spiro atoms. The van der Waals surface area contributed by atoms with Crippen molar-refractivity contribution in [1.82, 2.24) is 9.55 Å². The van der Waals surface area contributed by atoms with Gasteiger partial charge in [0.15, 0.2) is 5.82 Å². The maximum Gasteiger partial charge on any atom is 0.206 e. The summed E-state index contributed by atoms with van der Waals surface area (Å²) < 4.78 is 15.4. The molecule has 1 aromatic heterocycles. The number of hydrogen-bond acceptors (Lipinski definition) is 2. The SMILES string of the molecule is CCc1ccc(-n2c(N)nc3c(F)cccc32)cc1. The van der Waals surface area contributed by atoms with Crippen LogP contribution in [0.3, 0.4) is 0 Å². The standard InChI is InChI=1S/C15H14FN3/c1-2-10-6-8-11(9-7-10)19-13-5-3-4-12(16)14(13)18-15(19)17/h3-9H,2H2,1H3,(H2,17,18). The van der Waals surface area contributed by atoms with E-state index in [-0.39, 0.29) is 5.82 Å². The van der Waals surface area contributed by atoms with Gasteiger partial charge >= 0.3 is 0 Å². The Morgan fingerprint density at radius 1 is 1.16 bits per heavy atom. The molecule has 0 radical (unpaired) electrons. The molecule has 2 aromatic carbocycles. The summed E-state index contributed by atoms with van der Waals surface area (Å²) in [6.07, 6.45) is 0.981. The Hall–Kier alpha value is -2.36. The van der Waals surface area contributed by atoms with Crippen molar-refractivity contribution in [2.24, 2.45) is 0 Å². The van der Waals surface area contributed by atoms with Gasteiger partial charge in [-0.3, -0.25) is 4.57 Å². The number of nitrogens with zero attached hydrogens (tertiary/aromatic N) is 2. The van der Waals surface area contributed by atoms with Crippen LogP contribution in [0.1, 0.15) is 12.5 Å². The van der Waals surface area contributed by atoms with Crippen LogP contribution in [0.4, 0.5) is 10.3 Å². The highest BCUT2D eigenvalue weighted by Crippen LogP contribution is 2.24. The van der Waals surface area contributed by atoms with E-state index < -0.39 is 0 Å². The molecule has 19 heavy (non-hydrogen) atoms. The number of imidazole rings is 1. The van der Waals surface area contributed by atoms with Gasteiger partial charge in [-0.1, -0.05) is 25.1 Å². The van der Waals surface area contributed by atoms with Crippen molar-refractivity contribution in [2.75, 3.05) is 5.73 Å². The van der Waals surface area contributed by atoms with Crippen molar-refractivity contribution in [3.8, 4) is 5.69 Å². The second-order valence-corrected chi connectivity index (χ2v) is 4.43. The van der Waals surface area contributed by atoms with E-state index >= 15 is 0 Å². The number of para-hydroxylation sites is 1. The molecule has 3 rings (SSSR count). The van der Waals surface area contributed by atoms with E-state index in [4.69, 9.17) is 5.73 Å². The lowest BCUT2D eigenvalue weighted by Crippen LogP contribution is -2.00. The first-order chi connectivity index (χ1) is 9.20. The summed E-state index contributed by atoms with van der Waals surface area (Å²) in [5, 5.41) is 0. The summed E-state index contributed by atoms with van der Waals surface area (Å²) in [5.41, 5.74) is 9.04. The second-order valence-electron chi connectivity index (χ2n) is 4.43. The van der Waals surface area contributed by atoms with Crippen LogP contribution in [0.25, 0.3) is 16.7 Å². The fraction of sp³-hybridized carbons (Fsp3) is 0.133. The monoisotopic (exact) mass is 255 g/mol. The maximum absolute atomic E-state index is 13.7. The van der Waals surface area contributed by atoms with Gasteiger partial charge in [0.25, 0.3) is 0 Å². The minimum Gasteiger partial charge on any atom is -0.369 e. The second kappa shape index (κ2) is 4.39. The van der Waals surface area contributed by atoms with Gasteiger partial charge in [-0.25, -0.2) is 9.37 Å². The Morgan fingerprint density at radius 2 is 1.89 bits per heavy atom. The van der Waals surface area contributed by atoms with Gasteiger partial charge in [-0.15, -0.1) is 0 Å². The largest absolute Gasteiger partial charge is 0.369 e. The molecule has 1 heterocycles. The van der Waals surface area contributed by atoms with Gasteiger partial charge in [-0.05, 0) is 36.2 Å². The van der Waals surface area contributed by atoms with E-state index in [0.717, 1.165) is 12.1 Å². The van der Waals surface area contributed by atoms with Crippen molar-refractivity contribution in [3.63, 3.8) is 0 Å². The van der Waals surface area contributed by atoms with Gasteiger partial charge in [0.2, 0.25) is 5.95 Å². The average molecular weight is 255 g/mol. The third-order valence-corrected chi connectivity index (χ3v) is 3.26. The molecule has 0 saturated heterocycles. The summed E-state index contributed by atoms with van der Waals surface area (Å²) in [5.74, 6) is -0.0579. The number of aryl methyl sites for hydroxylation is 1. The number of rotatable bonds is 2. The number of nitrogen functional groups attached to an aromatic ring is 1. The topological polar surface area (TPSA) is 43.8 Å². The minimum atomic E-state index is -0.354. The van der Waals surface area contributed by atoms with Crippen LogP contribution in [0.15, 0.2) is 42.5 Å². The molecule has 0 atom stereocenters. The third kappa shape index (κ3) is 1.85. The Morgan fingerprint density at radius 3 is 2.58 bits per heavy atom. The number of halogens is 1. The van der Waals surface area contributed by atoms with Gasteiger partial charge < -0.3 is 5.73 Å². The molecule has 0 bridgehead atoms. The molecule has 0 saturated carbocycles. The normalized spacial score (nSPS) is 11.1. The Labute approximate surface area is 110 Å². The quantitative estimate of drug-likeness (QED) is 0.763. The van der Waals surface area contributed by atoms with Crippen molar-refractivity contribution in [2.45, 2.75) is 13.3 Å². The molecule has 0 amide bonds. The van der Waals surface area contributed by atoms with Crippen LogP contribution in [0.2, 0.25) is 0 Å². The fourth-order valence-corrected chi connectivity index (χ4v) is 2.24. The smallest absolute Gasteiger partial charge is 0.206 e. The number of anilines is 1. The minimum absolute atomic E-state index is 0.296. The molecule has 0 aliphatic rings. The van der Waals surface area contributed by atoms with E-state index in [0.29, 0.717) is 17.0 Å². The predicted molar refractivity (Wildman–Crippen MR) is 74.8 cm³/mol. The van der Waals surface area contributed by atoms with Crippen LogP contribution < -0.4 is 5.73 Å². The third-order valence-electron chi connectivity index (χ3n) is 3.26. The fourth-order valence-electron chi connectivity index (χ4n) is 2.24. The molecule has 4 heteroatoms. The number of aromatic nitrogens is 2. The van der Waals surface area contributed by atoms with E-state index in [1.807, 2.05) is 30.3 Å². The maximum atomic E-state index is 13.7. The molecule has 96 valence electrons. The summed E-state index contributed by atoms with van der Waals surface area (Å²) in [6, 6.07) is 12.9. The Balaban J connectivity index is 2.23. The Bertz CT molecular complexity index is 729. The molecular weight excluding hydrogens is 241 g/mol. The summed E-state index contributed by atoms with van der Waals surface area (Å²) in [7, 11) is 0. The van der Waals surface area contributed by atoms with Crippen molar-refractivity contribution >= 4 is 17.0 Å². The van der Waals surface area contributed by atoms with Crippen LogP contribution in [0, 0.1) is 5.82 Å². The Kier molecular flexibility index (Phi) is 2.71. The van der Waals surface area contributed by atoms with Crippen LogP contribution >= 0.6 is 0 Å². The van der Waals surface area contributed by atoms with Crippen LogP contribution in [-0.2, 0) is 6.42 Å². The zero-order valence-electron chi connectivity index (χ0n) is 10.6. The molecule has 0 fully saturated rings. The molecule has 3 nitrogen and oxygen atoms in total. The van der Waals surface area contributed by atoms with Crippen molar-refractivity contribution < 1.29 is 4.39 Å². The zero-order chi connectivity index (χ0) is 13.4. The van der Waals surface area contributed by atoms with E-state index in [1.165, 1.54) is 11.6 Å². The highest BCUT2D eigenvalue weighted by atomic mass is 19.1. The average Bonchev–Trinajstić information content (AvgIpc) is 2.77. The number of benzene rings is 2. The zero-order valence-corrected chi connectivity index (χ0v) is 10.6. The number of fused-ring (bicyclic) bond motifs is 1. The summed E-state index contributed by atoms with van der Waals surface area (Å²) in [6.45, 7) is 2.10. The molecule has 0 aliphatic heterocycles. The lowest BCUT2D eigenvalue weighted by molar-refractivity contribution is 0.637. The predicted octanol–water partition coefficient (Wildman–Crippen LogP) is 3.31. The van der Waals surface area contributed by atoms with Crippen LogP contribution in [-0.4, -0.2) is 9.55 Å². The molecule has 3 aromatic rings. The van der Waals surface area contributed by atoms with Gasteiger partial charge in [0.1, 0.15) is 5.52 Å².